The molecule has 0 amide bonds. The standard InChI is InChI=1S/C10H8BrClN2O/c11-8-4-13-14(5-8)10-7(6-15)2-1-3-9(10)12/h1-5,15H,6H2. The van der Waals surface area contributed by atoms with Gasteiger partial charge in [-0.1, -0.05) is 23.7 Å². The van der Waals surface area contributed by atoms with Crippen LogP contribution in [-0.2, 0) is 6.61 Å². The molecule has 1 aromatic heterocycles. The van der Waals surface area contributed by atoms with E-state index in [0.29, 0.717) is 10.7 Å². The van der Waals surface area contributed by atoms with Gasteiger partial charge in [0.05, 0.1) is 28.0 Å². The predicted molar refractivity (Wildman–Crippen MR) is 62.2 cm³/mol. The number of nitrogens with zero attached hydrogens (tertiary/aromatic N) is 2. The van der Waals surface area contributed by atoms with E-state index in [9.17, 15) is 5.11 Å². The van der Waals surface area contributed by atoms with Gasteiger partial charge < -0.3 is 5.11 Å². The van der Waals surface area contributed by atoms with Crippen LogP contribution in [0.1, 0.15) is 5.56 Å². The summed E-state index contributed by atoms with van der Waals surface area (Å²) in [7, 11) is 0. The fourth-order valence-corrected chi connectivity index (χ4v) is 1.93. The average Bonchev–Trinajstić information content (AvgIpc) is 2.64. The van der Waals surface area contributed by atoms with E-state index in [0.717, 1.165) is 10.0 Å². The van der Waals surface area contributed by atoms with Crippen LogP contribution in [0.2, 0.25) is 5.02 Å². The quantitative estimate of drug-likeness (QED) is 0.922. The first-order chi connectivity index (χ1) is 7.22. The van der Waals surface area contributed by atoms with Crippen LogP contribution in [0.15, 0.2) is 35.1 Å². The first kappa shape index (κ1) is 10.7. The van der Waals surface area contributed by atoms with Crippen LogP contribution in [0.25, 0.3) is 5.69 Å². The second-order valence-corrected chi connectivity index (χ2v) is 4.33. The van der Waals surface area contributed by atoms with Gasteiger partial charge >= 0.3 is 0 Å². The summed E-state index contributed by atoms with van der Waals surface area (Å²) in [6.45, 7) is -0.0621. The molecule has 0 radical (unpaired) electrons. The van der Waals surface area contributed by atoms with Crippen molar-refractivity contribution in [3.63, 3.8) is 0 Å². The van der Waals surface area contributed by atoms with Crippen molar-refractivity contribution in [3.8, 4) is 5.69 Å². The minimum atomic E-state index is -0.0621. The minimum absolute atomic E-state index is 0.0621. The molecule has 1 aromatic carbocycles. The highest BCUT2D eigenvalue weighted by molar-refractivity contribution is 9.10. The molecule has 2 aromatic rings. The molecule has 78 valence electrons. The number of benzene rings is 1. The van der Waals surface area contributed by atoms with Gasteiger partial charge in [-0.05, 0) is 22.0 Å². The number of para-hydroxylation sites is 1. The molecule has 0 aliphatic carbocycles. The lowest BCUT2D eigenvalue weighted by Crippen LogP contribution is -2.00. The van der Waals surface area contributed by atoms with Crippen LogP contribution in [-0.4, -0.2) is 14.9 Å². The molecule has 1 heterocycles. The summed E-state index contributed by atoms with van der Waals surface area (Å²) in [6, 6.07) is 5.39. The van der Waals surface area contributed by atoms with Crippen LogP contribution in [0.4, 0.5) is 0 Å². The van der Waals surface area contributed by atoms with Crippen LogP contribution in [0.3, 0.4) is 0 Å². The van der Waals surface area contributed by atoms with Crippen molar-refractivity contribution in [1.29, 1.82) is 0 Å². The number of hydrogen-bond donors (Lipinski definition) is 1. The lowest BCUT2D eigenvalue weighted by atomic mass is 10.2. The lowest BCUT2D eigenvalue weighted by molar-refractivity contribution is 0.281. The van der Waals surface area contributed by atoms with Crippen molar-refractivity contribution >= 4 is 27.5 Å². The molecule has 0 bridgehead atoms. The third-order valence-electron chi connectivity index (χ3n) is 2.02. The Balaban J connectivity index is 2.60. The fourth-order valence-electron chi connectivity index (χ4n) is 1.37. The van der Waals surface area contributed by atoms with Crippen molar-refractivity contribution < 1.29 is 5.11 Å². The van der Waals surface area contributed by atoms with Crippen LogP contribution >= 0.6 is 27.5 Å². The Bertz CT molecular complexity index is 484. The fraction of sp³-hybridized carbons (Fsp3) is 0.100. The van der Waals surface area contributed by atoms with E-state index in [2.05, 4.69) is 21.0 Å². The summed E-state index contributed by atoms with van der Waals surface area (Å²) in [4.78, 5) is 0. The molecule has 15 heavy (non-hydrogen) atoms. The molecule has 0 spiro atoms. The average molecular weight is 288 g/mol. The highest BCUT2D eigenvalue weighted by Crippen LogP contribution is 2.25. The molecule has 0 aliphatic heterocycles. The zero-order valence-corrected chi connectivity index (χ0v) is 10.0. The minimum Gasteiger partial charge on any atom is -0.392 e. The Morgan fingerprint density at radius 2 is 2.27 bits per heavy atom. The summed E-state index contributed by atoms with van der Waals surface area (Å²) in [5.41, 5.74) is 1.46. The summed E-state index contributed by atoms with van der Waals surface area (Å²) in [5, 5.41) is 13.9. The Labute approximate surface area is 100 Å². The zero-order chi connectivity index (χ0) is 10.8. The maximum Gasteiger partial charge on any atom is 0.0887 e. The molecule has 5 heteroatoms. The molecule has 1 N–H and O–H groups in total. The van der Waals surface area contributed by atoms with Crippen molar-refractivity contribution in [2.75, 3.05) is 0 Å². The third-order valence-corrected chi connectivity index (χ3v) is 2.74. The van der Waals surface area contributed by atoms with Gasteiger partial charge in [-0.15, -0.1) is 0 Å². The van der Waals surface area contributed by atoms with E-state index < -0.39 is 0 Å². The molecule has 0 saturated carbocycles. The number of aliphatic hydroxyl groups excluding tert-OH is 1. The molecule has 0 fully saturated rings. The second kappa shape index (κ2) is 4.35. The molecule has 0 unspecified atom stereocenters. The smallest absolute Gasteiger partial charge is 0.0887 e. The highest BCUT2D eigenvalue weighted by Gasteiger charge is 2.09. The highest BCUT2D eigenvalue weighted by atomic mass is 79.9. The molecular formula is C10H8BrClN2O. The number of aliphatic hydroxyl groups is 1. The van der Waals surface area contributed by atoms with Crippen molar-refractivity contribution in [3.05, 3.63) is 45.7 Å². The van der Waals surface area contributed by atoms with Crippen molar-refractivity contribution in [2.24, 2.45) is 0 Å². The molecular weight excluding hydrogens is 279 g/mol. The Morgan fingerprint density at radius 3 is 2.87 bits per heavy atom. The summed E-state index contributed by atoms with van der Waals surface area (Å²) >= 11 is 9.38. The largest absolute Gasteiger partial charge is 0.392 e. The van der Waals surface area contributed by atoms with E-state index in [1.807, 2.05) is 6.07 Å². The molecule has 0 saturated heterocycles. The van der Waals surface area contributed by atoms with E-state index in [4.69, 9.17) is 11.6 Å². The van der Waals surface area contributed by atoms with Gasteiger partial charge in [0.2, 0.25) is 0 Å². The number of rotatable bonds is 2. The van der Waals surface area contributed by atoms with Gasteiger partial charge in [0.1, 0.15) is 0 Å². The maximum absolute atomic E-state index is 9.20. The van der Waals surface area contributed by atoms with Gasteiger partial charge in [-0.25, -0.2) is 4.68 Å². The SMILES string of the molecule is OCc1cccc(Cl)c1-n1cc(Br)cn1. The Kier molecular flexibility index (Phi) is 3.09. The van der Waals surface area contributed by atoms with Crippen molar-refractivity contribution in [1.82, 2.24) is 9.78 Å². The topological polar surface area (TPSA) is 38.0 Å². The van der Waals surface area contributed by atoms with Crippen LogP contribution in [0.5, 0.6) is 0 Å². The first-order valence-corrected chi connectivity index (χ1v) is 5.48. The van der Waals surface area contributed by atoms with Gasteiger partial charge in [-0.3, -0.25) is 0 Å². The van der Waals surface area contributed by atoms with Crippen molar-refractivity contribution in [2.45, 2.75) is 6.61 Å². The van der Waals surface area contributed by atoms with Crippen LogP contribution in [0, 0.1) is 0 Å². The summed E-state index contributed by atoms with van der Waals surface area (Å²) in [6.07, 6.45) is 3.46. The number of halogens is 2. The molecule has 0 atom stereocenters. The van der Waals surface area contributed by atoms with Gasteiger partial charge in [0.15, 0.2) is 0 Å². The van der Waals surface area contributed by atoms with Gasteiger partial charge in [0.25, 0.3) is 0 Å². The molecule has 3 nitrogen and oxygen atoms in total. The first-order valence-electron chi connectivity index (χ1n) is 4.31. The summed E-state index contributed by atoms with van der Waals surface area (Å²) in [5.74, 6) is 0. The Morgan fingerprint density at radius 1 is 1.47 bits per heavy atom. The van der Waals surface area contributed by atoms with Crippen LogP contribution < -0.4 is 0 Å². The Hall–Kier alpha value is -0.840. The second-order valence-electron chi connectivity index (χ2n) is 3.01. The molecule has 2 rings (SSSR count). The van der Waals surface area contributed by atoms with E-state index in [-0.39, 0.29) is 6.61 Å². The third kappa shape index (κ3) is 2.07. The monoisotopic (exact) mass is 286 g/mol. The molecule has 0 aliphatic rings. The predicted octanol–water partition coefficient (Wildman–Crippen LogP) is 2.78. The summed E-state index contributed by atoms with van der Waals surface area (Å²) < 4.78 is 2.50. The van der Waals surface area contributed by atoms with E-state index in [1.54, 1.807) is 29.2 Å². The van der Waals surface area contributed by atoms with E-state index in [1.165, 1.54) is 0 Å². The van der Waals surface area contributed by atoms with Gasteiger partial charge in [0, 0.05) is 11.8 Å². The zero-order valence-electron chi connectivity index (χ0n) is 7.69. The number of aromatic nitrogens is 2. The van der Waals surface area contributed by atoms with E-state index >= 15 is 0 Å². The normalized spacial score (nSPS) is 10.6. The van der Waals surface area contributed by atoms with Gasteiger partial charge in [-0.2, -0.15) is 5.10 Å². The lowest BCUT2D eigenvalue weighted by Gasteiger charge is -2.08. The number of hydrogen-bond acceptors (Lipinski definition) is 2. The maximum atomic E-state index is 9.20.